The minimum Gasteiger partial charge on any atom is -0.360 e. The zero-order chi connectivity index (χ0) is 50.5. The van der Waals surface area contributed by atoms with Crippen LogP contribution in [0.5, 0.6) is 0 Å². The van der Waals surface area contributed by atoms with Crippen molar-refractivity contribution in [2.75, 3.05) is 85.2 Å². The summed E-state index contributed by atoms with van der Waals surface area (Å²) < 4.78 is 37.6. The Kier molecular flexibility index (Phi) is 17.1. The topological polar surface area (TPSA) is 181 Å². The van der Waals surface area contributed by atoms with Gasteiger partial charge in [0.15, 0.2) is 11.5 Å². The predicted molar refractivity (Wildman–Crippen MR) is 273 cm³/mol. The summed E-state index contributed by atoms with van der Waals surface area (Å²) in [5, 5.41) is 5.43. The number of thiol groups is 1. The Hall–Kier alpha value is -4.85. The van der Waals surface area contributed by atoms with E-state index in [0.717, 1.165) is 71.6 Å². The largest absolute Gasteiger partial charge is 0.360 e. The van der Waals surface area contributed by atoms with E-state index in [1.807, 2.05) is 60.3 Å². The Morgan fingerprint density at radius 3 is 2.35 bits per heavy atom. The molecule has 4 N–H and O–H groups in total. The molecule has 69 heavy (non-hydrogen) atoms. The van der Waals surface area contributed by atoms with Gasteiger partial charge >= 0.3 is 5.97 Å². The van der Waals surface area contributed by atoms with Crippen molar-refractivity contribution in [3.8, 4) is 0 Å². The van der Waals surface area contributed by atoms with Crippen LogP contribution in [0, 0.1) is 0 Å². The molecule has 376 valence electrons. The molecule has 2 aromatic rings. The van der Waals surface area contributed by atoms with Gasteiger partial charge in [0.1, 0.15) is 24.9 Å². The number of nitrogens with zero attached hydrogens (tertiary/aromatic N) is 5. The van der Waals surface area contributed by atoms with Crippen LogP contribution in [0.25, 0.3) is 0 Å². The lowest BCUT2D eigenvalue weighted by molar-refractivity contribution is -0.870. The van der Waals surface area contributed by atoms with Crippen LogP contribution in [0.15, 0.2) is 83.2 Å². The number of hydrogen-bond acceptors (Lipinski definition) is 12. The molecule has 0 aromatic heterocycles. The van der Waals surface area contributed by atoms with Gasteiger partial charge in [0.05, 0.1) is 44.4 Å². The zero-order valence-electron chi connectivity index (χ0n) is 41.9. The van der Waals surface area contributed by atoms with Crippen LogP contribution in [0.4, 0.5) is 11.4 Å². The summed E-state index contributed by atoms with van der Waals surface area (Å²) in [5.74, 6) is -2.86. The van der Waals surface area contributed by atoms with Gasteiger partial charge in [0.25, 0.3) is 10.1 Å². The van der Waals surface area contributed by atoms with Crippen molar-refractivity contribution >= 4 is 63.6 Å². The fourth-order valence-electron chi connectivity index (χ4n) is 10.3. The monoisotopic (exact) mass is 991 g/mol. The number of anilines is 1. The summed E-state index contributed by atoms with van der Waals surface area (Å²) in [6.07, 6.45) is 9.44. The molecule has 2 amide bonds. The van der Waals surface area contributed by atoms with E-state index >= 15 is 0 Å². The number of unbranched alkanes of at least 4 members (excludes halogenated alkanes) is 3. The summed E-state index contributed by atoms with van der Waals surface area (Å²) in [7, 11) is 5.76. The summed E-state index contributed by atoms with van der Waals surface area (Å²) in [6.45, 7) is 12.2. The number of carbonyl (C=O) groups excluding carboxylic acids is 4. The lowest BCUT2D eigenvalue weighted by atomic mass is 9.76. The Morgan fingerprint density at radius 2 is 1.67 bits per heavy atom. The van der Waals surface area contributed by atoms with E-state index in [4.69, 9.17) is 0 Å². The molecule has 1 fully saturated rings. The van der Waals surface area contributed by atoms with Crippen LogP contribution in [0.2, 0.25) is 0 Å². The number of para-hydroxylation sites is 2. The Labute approximate surface area is 414 Å². The van der Waals surface area contributed by atoms with E-state index in [1.165, 1.54) is 5.56 Å². The molecular weight excluding hydrogens is 917 g/mol. The average Bonchev–Trinajstić information content (AvgIpc) is 3.89. The number of ketones is 1. The normalized spacial score (nSPS) is 20.2. The van der Waals surface area contributed by atoms with Gasteiger partial charge in [-0.2, -0.15) is 13.0 Å². The van der Waals surface area contributed by atoms with E-state index in [9.17, 15) is 32.1 Å². The fourth-order valence-corrected chi connectivity index (χ4v) is 11.0. The van der Waals surface area contributed by atoms with Crippen LogP contribution < -0.4 is 20.4 Å². The third-order valence-corrected chi connectivity index (χ3v) is 14.8. The lowest BCUT2D eigenvalue weighted by Gasteiger charge is -2.37. The number of amides is 2. The highest BCUT2D eigenvalue weighted by atomic mass is 32.2. The Bertz CT molecular complexity index is 2530. The molecular formula is C51H74N8O8S2+2. The zero-order valence-corrected chi connectivity index (χ0v) is 43.6. The Morgan fingerprint density at radius 1 is 0.971 bits per heavy atom. The molecule has 0 radical (unpaired) electrons. The molecule has 4 aliphatic rings. The molecule has 0 saturated carbocycles. The van der Waals surface area contributed by atoms with Crippen molar-refractivity contribution < 1.29 is 46.0 Å². The molecule has 2 aromatic carbocycles. The Balaban J connectivity index is 1.29. The minimum absolute atomic E-state index is 0.131. The number of carbonyl (C=O) groups is 4. The van der Waals surface area contributed by atoms with Crippen LogP contribution in [-0.4, -0.2) is 153 Å². The number of fused-ring (bicyclic) bond motifs is 2. The SMILES string of the molecule is CN(CCCCCC(=O)ONS)CCNC(=O)C(CS(=O)(=O)O)NC(=O)[C@@H]1CCCN1C1=C(/C=C2/N(CCCC[N+](C)(C)C)c3ccccc3C2(C)C)C(=O)/C1=C\C1=[N+](C)c2ccccc2C1(C)C. The van der Waals surface area contributed by atoms with Gasteiger partial charge in [-0.1, -0.05) is 74.4 Å². The molecule has 18 heteroatoms. The first-order valence-electron chi connectivity index (χ1n) is 24.1. The predicted octanol–water partition coefficient (Wildman–Crippen LogP) is 4.96. The first-order valence-corrected chi connectivity index (χ1v) is 26.2. The first kappa shape index (κ1) is 53.5. The molecule has 0 spiro atoms. The van der Waals surface area contributed by atoms with Crippen molar-refractivity contribution in [1.82, 2.24) is 25.3 Å². The quantitative estimate of drug-likeness (QED) is 0.0193. The van der Waals surface area contributed by atoms with E-state index < -0.39 is 56.6 Å². The third kappa shape index (κ3) is 12.6. The molecule has 2 atom stereocenters. The molecule has 3 aliphatic heterocycles. The van der Waals surface area contributed by atoms with Crippen molar-refractivity contribution in [2.24, 2.45) is 0 Å². The molecule has 0 bridgehead atoms. The van der Waals surface area contributed by atoms with Crippen LogP contribution in [0.3, 0.4) is 0 Å². The number of likely N-dealkylation sites (tertiary alicyclic amines) is 1. The number of likely N-dealkylation sites (N-methyl/N-ethyl adjacent to an activating group) is 1. The van der Waals surface area contributed by atoms with Crippen molar-refractivity contribution in [3.05, 3.63) is 94.4 Å². The highest BCUT2D eigenvalue weighted by Gasteiger charge is 2.49. The van der Waals surface area contributed by atoms with Crippen molar-refractivity contribution in [1.29, 1.82) is 0 Å². The first-order chi connectivity index (χ1) is 32.5. The van der Waals surface area contributed by atoms with Crippen LogP contribution >= 0.6 is 12.8 Å². The van der Waals surface area contributed by atoms with Gasteiger partial charge in [0.2, 0.25) is 17.5 Å². The maximum Gasteiger partial charge on any atom is 0.325 e. The number of nitrogens with one attached hydrogen (secondary N) is 3. The minimum atomic E-state index is -4.70. The molecule has 16 nitrogen and oxygen atoms in total. The molecule has 6 rings (SSSR count). The second-order valence-electron chi connectivity index (χ2n) is 20.9. The smallest absolute Gasteiger partial charge is 0.325 e. The molecule has 1 aliphatic carbocycles. The van der Waals surface area contributed by atoms with Crippen molar-refractivity contribution in [2.45, 2.75) is 102 Å². The summed E-state index contributed by atoms with van der Waals surface area (Å²) in [6, 6.07) is 14.2. The van der Waals surface area contributed by atoms with Gasteiger partial charge in [0, 0.05) is 72.7 Å². The third-order valence-electron chi connectivity index (χ3n) is 14.0. The number of benzene rings is 2. The average molecular weight is 991 g/mol. The maximum absolute atomic E-state index is 14.9. The van der Waals surface area contributed by atoms with Gasteiger partial charge < -0.3 is 34.7 Å². The fraction of sp³-hybridized carbons (Fsp3) is 0.549. The highest BCUT2D eigenvalue weighted by Crippen LogP contribution is 2.50. The highest BCUT2D eigenvalue weighted by molar-refractivity contribution is 7.85. The van der Waals surface area contributed by atoms with E-state index in [1.54, 1.807) is 0 Å². The number of rotatable bonds is 23. The summed E-state index contributed by atoms with van der Waals surface area (Å²) in [4.78, 5) is 67.6. The standard InChI is InChI=1S/C51H72N8O8S2/c1-50(2)37-20-12-14-22-40(37)56(6)43(50)32-35-46(36(47(35)61)33-44-51(3,4)38-21-13-15-23-41(38)57(44)28-17-18-31-59(7,8)9)58-29-19-24-42(58)49(63)53-39(34-69(64,65)66)48(62)52-26-30-55(5)27-16-10-11-25-45(60)67-54-68/h12-15,20-23,32-33,39,42,54,68H,10-11,16-19,24-31,34H2,1-9H3,(H-2,52,53,62,63,64,65,66)/p+2/t39?,42-/m0/s1. The summed E-state index contributed by atoms with van der Waals surface area (Å²) >= 11 is 3.65. The van der Waals surface area contributed by atoms with E-state index in [2.05, 4.69) is 116 Å². The van der Waals surface area contributed by atoms with Gasteiger partial charge in [-0.3, -0.25) is 23.7 Å². The van der Waals surface area contributed by atoms with Crippen molar-refractivity contribution in [3.63, 3.8) is 0 Å². The molecule has 3 heterocycles. The summed E-state index contributed by atoms with van der Waals surface area (Å²) in [5.41, 5.74) is 7.12. The number of allylic oxidation sites excluding steroid dienone is 5. The second-order valence-corrected chi connectivity index (χ2v) is 22.6. The lowest BCUT2D eigenvalue weighted by Crippen LogP contribution is -2.55. The number of Topliss-reactive ketones (excluding diaryl/α,β-unsaturated/α-hetero) is 1. The number of quaternary nitrogens is 1. The van der Waals surface area contributed by atoms with Crippen LogP contribution in [-0.2, 0) is 45.0 Å². The van der Waals surface area contributed by atoms with Gasteiger partial charge in [-0.25, -0.2) is 0 Å². The molecule has 1 unspecified atom stereocenters. The van der Waals surface area contributed by atoms with Crippen LogP contribution in [0.1, 0.15) is 90.2 Å². The van der Waals surface area contributed by atoms with E-state index in [0.29, 0.717) is 55.7 Å². The second kappa shape index (κ2) is 22.1. The number of hydrogen-bond donors (Lipinski definition) is 5. The van der Waals surface area contributed by atoms with Gasteiger partial charge in [-0.15, -0.1) is 0 Å². The van der Waals surface area contributed by atoms with E-state index in [-0.39, 0.29) is 18.7 Å². The van der Waals surface area contributed by atoms with Gasteiger partial charge in [-0.05, 0) is 83.7 Å². The maximum atomic E-state index is 14.9. The molecule has 1 saturated heterocycles.